The lowest BCUT2D eigenvalue weighted by molar-refractivity contribution is -0.116. The molecule has 0 unspecified atom stereocenters. The molecule has 4 rings (SSSR count). The van der Waals surface area contributed by atoms with E-state index in [1.165, 1.54) is 11.1 Å². The first-order valence-electron chi connectivity index (χ1n) is 9.41. The molecule has 0 bridgehead atoms. The number of hydrogen-bond acceptors (Lipinski definition) is 3. The van der Waals surface area contributed by atoms with Gasteiger partial charge in [-0.05, 0) is 44.5 Å². The molecule has 2 aromatic carbocycles. The van der Waals surface area contributed by atoms with Gasteiger partial charge in [-0.2, -0.15) is 10.2 Å². The molecule has 2 heterocycles. The monoisotopic (exact) mass is 373 g/mol. The molecule has 0 saturated carbocycles. The SMILES string of the molecule is CCn1nc(NC(=O)Cn2ccc(-c3ccc(C)cc3C)n2)c2ccccc21. The third-order valence-corrected chi connectivity index (χ3v) is 4.82. The largest absolute Gasteiger partial charge is 0.307 e. The van der Waals surface area contributed by atoms with Crippen LogP contribution in [0.15, 0.2) is 54.7 Å². The number of rotatable bonds is 5. The van der Waals surface area contributed by atoms with Crippen molar-refractivity contribution in [1.29, 1.82) is 0 Å². The lowest BCUT2D eigenvalue weighted by atomic mass is 10.0. The summed E-state index contributed by atoms with van der Waals surface area (Å²) in [6.45, 7) is 7.06. The highest BCUT2D eigenvalue weighted by Crippen LogP contribution is 2.24. The van der Waals surface area contributed by atoms with Gasteiger partial charge < -0.3 is 5.32 Å². The Morgan fingerprint density at radius 1 is 1.07 bits per heavy atom. The third-order valence-electron chi connectivity index (χ3n) is 4.82. The standard InChI is InChI=1S/C22H23N5O/c1-4-27-20-8-6-5-7-18(20)22(25-27)23-21(28)14-26-12-11-19(24-26)17-10-9-15(2)13-16(17)3/h5-13H,4,14H2,1-3H3,(H,23,25,28). The predicted octanol–water partition coefficient (Wildman–Crippen LogP) is 4.18. The van der Waals surface area contributed by atoms with Crippen molar-refractivity contribution < 1.29 is 4.79 Å². The molecule has 28 heavy (non-hydrogen) atoms. The van der Waals surface area contributed by atoms with Crippen molar-refractivity contribution >= 4 is 22.6 Å². The van der Waals surface area contributed by atoms with Gasteiger partial charge in [0, 0.05) is 23.7 Å². The van der Waals surface area contributed by atoms with Crippen LogP contribution < -0.4 is 5.32 Å². The van der Waals surface area contributed by atoms with Crippen molar-refractivity contribution in [2.45, 2.75) is 33.9 Å². The van der Waals surface area contributed by atoms with Crippen LogP contribution in [0.2, 0.25) is 0 Å². The van der Waals surface area contributed by atoms with E-state index < -0.39 is 0 Å². The van der Waals surface area contributed by atoms with Crippen LogP contribution >= 0.6 is 0 Å². The molecular weight excluding hydrogens is 350 g/mol. The maximum absolute atomic E-state index is 12.6. The summed E-state index contributed by atoms with van der Waals surface area (Å²) >= 11 is 0. The maximum atomic E-state index is 12.6. The Hall–Kier alpha value is -3.41. The number of para-hydroxylation sites is 1. The number of amides is 1. The minimum absolute atomic E-state index is 0.137. The first-order chi connectivity index (χ1) is 13.5. The summed E-state index contributed by atoms with van der Waals surface area (Å²) in [5.41, 5.74) is 5.35. The summed E-state index contributed by atoms with van der Waals surface area (Å²) in [4.78, 5) is 12.6. The van der Waals surface area contributed by atoms with Crippen LogP contribution in [0.3, 0.4) is 0 Å². The van der Waals surface area contributed by atoms with E-state index in [0.717, 1.165) is 28.7 Å². The molecule has 142 valence electrons. The van der Waals surface area contributed by atoms with E-state index in [4.69, 9.17) is 0 Å². The molecule has 0 radical (unpaired) electrons. The molecule has 0 saturated heterocycles. The molecule has 2 aromatic heterocycles. The Kier molecular flexibility index (Phi) is 4.69. The minimum Gasteiger partial charge on any atom is -0.307 e. The number of nitrogens with zero attached hydrogens (tertiary/aromatic N) is 4. The highest BCUT2D eigenvalue weighted by molar-refractivity contribution is 5.99. The lowest BCUT2D eigenvalue weighted by Gasteiger charge is -2.05. The highest BCUT2D eigenvalue weighted by Gasteiger charge is 2.13. The maximum Gasteiger partial charge on any atom is 0.247 e. The van der Waals surface area contributed by atoms with Crippen LogP contribution in [-0.2, 0) is 17.9 Å². The minimum atomic E-state index is -0.151. The van der Waals surface area contributed by atoms with Gasteiger partial charge in [0.25, 0.3) is 0 Å². The molecule has 0 spiro atoms. The van der Waals surface area contributed by atoms with E-state index in [-0.39, 0.29) is 12.5 Å². The average molecular weight is 373 g/mol. The quantitative estimate of drug-likeness (QED) is 0.571. The van der Waals surface area contributed by atoms with Gasteiger partial charge in [0.05, 0.1) is 11.2 Å². The van der Waals surface area contributed by atoms with Gasteiger partial charge in [0.2, 0.25) is 5.91 Å². The Morgan fingerprint density at radius 3 is 2.68 bits per heavy atom. The molecule has 0 aliphatic rings. The van der Waals surface area contributed by atoms with Crippen molar-refractivity contribution in [1.82, 2.24) is 19.6 Å². The average Bonchev–Trinajstić information content (AvgIpc) is 3.27. The summed E-state index contributed by atoms with van der Waals surface area (Å²) in [5.74, 6) is 0.436. The molecule has 6 heteroatoms. The van der Waals surface area contributed by atoms with Crippen molar-refractivity contribution in [2.24, 2.45) is 0 Å². The number of fused-ring (bicyclic) bond motifs is 1. The fourth-order valence-electron chi connectivity index (χ4n) is 3.47. The Morgan fingerprint density at radius 2 is 1.89 bits per heavy atom. The van der Waals surface area contributed by atoms with Crippen molar-refractivity contribution in [3.05, 3.63) is 65.9 Å². The van der Waals surface area contributed by atoms with Crippen LogP contribution in [0.25, 0.3) is 22.2 Å². The van der Waals surface area contributed by atoms with E-state index >= 15 is 0 Å². The summed E-state index contributed by atoms with van der Waals surface area (Å²) in [5, 5.41) is 12.9. The highest BCUT2D eigenvalue weighted by atomic mass is 16.2. The molecule has 0 fully saturated rings. The smallest absolute Gasteiger partial charge is 0.247 e. The number of benzene rings is 2. The van der Waals surface area contributed by atoms with E-state index in [9.17, 15) is 4.79 Å². The lowest BCUT2D eigenvalue weighted by Crippen LogP contribution is -2.19. The topological polar surface area (TPSA) is 64.7 Å². The number of aromatic nitrogens is 4. The number of anilines is 1. The molecule has 0 atom stereocenters. The first kappa shape index (κ1) is 18.0. The summed E-state index contributed by atoms with van der Waals surface area (Å²) in [6.07, 6.45) is 1.83. The molecule has 0 aliphatic heterocycles. The summed E-state index contributed by atoms with van der Waals surface area (Å²) in [7, 11) is 0. The number of aryl methyl sites for hydroxylation is 3. The molecule has 1 amide bonds. The van der Waals surface area contributed by atoms with Gasteiger partial charge >= 0.3 is 0 Å². The second kappa shape index (κ2) is 7.31. The van der Waals surface area contributed by atoms with Crippen LogP contribution in [0.1, 0.15) is 18.1 Å². The molecule has 0 aliphatic carbocycles. The zero-order valence-corrected chi connectivity index (χ0v) is 16.3. The Balaban J connectivity index is 1.52. The molecular formula is C22H23N5O. The Labute approximate surface area is 163 Å². The normalized spacial score (nSPS) is 11.1. The van der Waals surface area contributed by atoms with Gasteiger partial charge in [-0.3, -0.25) is 14.2 Å². The fourth-order valence-corrected chi connectivity index (χ4v) is 3.47. The van der Waals surface area contributed by atoms with Crippen LogP contribution in [-0.4, -0.2) is 25.5 Å². The predicted molar refractivity (Wildman–Crippen MR) is 111 cm³/mol. The van der Waals surface area contributed by atoms with E-state index in [2.05, 4.69) is 47.6 Å². The zero-order valence-electron chi connectivity index (χ0n) is 16.3. The van der Waals surface area contributed by atoms with Crippen molar-refractivity contribution in [3.8, 4) is 11.3 Å². The van der Waals surface area contributed by atoms with Crippen LogP contribution in [0.5, 0.6) is 0 Å². The van der Waals surface area contributed by atoms with E-state index in [0.29, 0.717) is 5.82 Å². The molecule has 6 nitrogen and oxygen atoms in total. The van der Waals surface area contributed by atoms with Gasteiger partial charge in [0.1, 0.15) is 6.54 Å². The van der Waals surface area contributed by atoms with Gasteiger partial charge in [0.15, 0.2) is 5.82 Å². The zero-order chi connectivity index (χ0) is 19.7. The molecule has 1 N–H and O–H groups in total. The third kappa shape index (κ3) is 3.41. The van der Waals surface area contributed by atoms with Gasteiger partial charge in [-0.15, -0.1) is 0 Å². The number of carbonyl (C=O) groups excluding carboxylic acids is 1. The summed E-state index contributed by atoms with van der Waals surface area (Å²) < 4.78 is 3.54. The van der Waals surface area contributed by atoms with Crippen molar-refractivity contribution in [2.75, 3.05) is 5.32 Å². The van der Waals surface area contributed by atoms with Gasteiger partial charge in [-0.25, -0.2) is 0 Å². The number of nitrogens with one attached hydrogen (secondary N) is 1. The van der Waals surface area contributed by atoms with Crippen LogP contribution in [0.4, 0.5) is 5.82 Å². The summed E-state index contributed by atoms with van der Waals surface area (Å²) in [6, 6.07) is 16.1. The van der Waals surface area contributed by atoms with Gasteiger partial charge in [-0.1, -0.05) is 35.9 Å². The van der Waals surface area contributed by atoms with Crippen molar-refractivity contribution in [3.63, 3.8) is 0 Å². The number of hydrogen-bond donors (Lipinski definition) is 1. The number of carbonyl (C=O) groups is 1. The van der Waals surface area contributed by atoms with E-state index in [1.54, 1.807) is 4.68 Å². The first-order valence-corrected chi connectivity index (χ1v) is 9.41. The molecule has 4 aromatic rings. The van der Waals surface area contributed by atoms with E-state index in [1.807, 2.05) is 48.1 Å². The Bertz CT molecular complexity index is 1150. The second-order valence-electron chi connectivity index (χ2n) is 6.95. The van der Waals surface area contributed by atoms with Crippen LogP contribution in [0, 0.1) is 13.8 Å². The second-order valence-corrected chi connectivity index (χ2v) is 6.95. The fraction of sp³-hybridized carbons (Fsp3) is 0.227.